The van der Waals surface area contributed by atoms with Gasteiger partial charge in [0.2, 0.25) is 11.8 Å². The van der Waals surface area contributed by atoms with Crippen LogP contribution in [0.2, 0.25) is 0 Å². The van der Waals surface area contributed by atoms with Gasteiger partial charge in [0.15, 0.2) is 0 Å². The molecule has 1 aromatic rings. The summed E-state index contributed by atoms with van der Waals surface area (Å²) in [4.78, 5) is 29.8. The van der Waals surface area contributed by atoms with Gasteiger partial charge in [-0.25, -0.2) is 0 Å². The van der Waals surface area contributed by atoms with E-state index in [0.717, 1.165) is 48.9 Å². The van der Waals surface area contributed by atoms with E-state index in [1.807, 2.05) is 37.3 Å². The van der Waals surface area contributed by atoms with Gasteiger partial charge in [0.25, 0.3) is 0 Å². The van der Waals surface area contributed by atoms with Crippen LogP contribution in [0.5, 0.6) is 0 Å². The van der Waals surface area contributed by atoms with Crippen LogP contribution in [0.25, 0.3) is 0 Å². The molecule has 2 N–H and O–H groups in total. The first-order valence-corrected chi connectivity index (χ1v) is 10.9. The molecule has 2 amide bonds. The molecule has 1 unspecified atom stereocenters. The van der Waals surface area contributed by atoms with Crippen LogP contribution < -0.4 is 10.6 Å². The van der Waals surface area contributed by atoms with Crippen LogP contribution >= 0.6 is 11.8 Å². The van der Waals surface area contributed by atoms with Crippen LogP contribution in [0, 0.1) is 0 Å². The lowest BCUT2D eigenvalue weighted by Gasteiger charge is -2.34. The van der Waals surface area contributed by atoms with Crippen molar-refractivity contribution in [3.05, 3.63) is 36.9 Å². The summed E-state index contributed by atoms with van der Waals surface area (Å²) < 4.78 is 0. The average molecular weight is 405 g/mol. The summed E-state index contributed by atoms with van der Waals surface area (Å²) in [5.41, 5.74) is 0.847. The molecule has 1 aliphatic heterocycles. The fourth-order valence-electron chi connectivity index (χ4n) is 2.97. The maximum absolute atomic E-state index is 12.5. The summed E-state index contributed by atoms with van der Waals surface area (Å²) in [5.74, 6) is 0.878. The van der Waals surface area contributed by atoms with Gasteiger partial charge in [-0.2, -0.15) is 0 Å². The van der Waals surface area contributed by atoms with Crippen LogP contribution in [0.3, 0.4) is 0 Å². The minimum absolute atomic E-state index is 0.00498. The molecule has 1 aromatic carbocycles. The van der Waals surface area contributed by atoms with Crippen molar-refractivity contribution < 1.29 is 9.59 Å². The zero-order valence-corrected chi connectivity index (χ0v) is 17.8. The minimum Gasteiger partial charge on any atom is -0.353 e. The number of benzene rings is 1. The fraction of sp³-hybridized carbons (Fsp3) is 0.524. The summed E-state index contributed by atoms with van der Waals surface area (Å²) in [6.45, 7) is 11.8. The third kappa shape index (κ3) is 7.66. The first kappa shape index (κ1) is 22.5. The lowest BCUT2D eigenvalue weighted by molar-refractivity contribution is -0.124. The first-order chi connectivity index (χ1) is 13.5. The Hall–Kier alpha value is -1.83. The van der Waals surface area contributed by atoms with E-state index < -0.39 is 0 Å². The van der Waals surface area contributed by atoms with Crippen molar-refractivity contribution in [2.45, 2.75) is 31.2 Å². The third-order valence-electron chi connectivity index (χ3n) is 4.74. The molecule has 0 aromatic heterocycles. The van der Waals surface area contributed by atoms with Gasteiger partial charge in [-0.05, 0) is 25.5 Å². The standard InChI is InChI=1S/C21H32N4O2S/c1-4-14-28-19-9-7-6-8-18(19)23-21(27)16-25-12-10-24(11-13-25)15-20(26)22-17(3)5-2/h4,6-9,17H,1,5,10-16H2,2-3H3,(H,22,26)(H,23,27). The summed E-state index contributed by atoms with van der Waals surface area (Å²) >= 11 is 1.66. The molecule has 0 aliphatic carbocycles. The molecule has 1 atom stereocenters. The second-order valence-corrected chi connectivity index (χ2v) is 8.13. The van der Waals surface area contributed by atoms with Crippen molar-refractivity contribution in [2.24, 2.45) is 0 Å². The number of thioether (sulfide) groups is 1. The molecule has 0 spiro atoms. The maximum atomic E-state index is 12.5. The highest BCUT2D eigenvalue weighted by atomic mass is 32.2. The molecule has 7 heteroatoms. The van der Waals surface area contributed by atoms with E-state index in [0.29, 0.717) is 13.1 Å². The van der Waals surface area contributed by atoms with E-state index in [4.69, 9.17) is 0 Å². The maximum Gasteiger partial charge on any atom is 0.238 e. The van der Waals surface area contributed by atoms with Gasteiger partial charge in [0, 0.05) is 42.9 Å². The quantitative estimate of drug-likeness (QED) is 0.463. The number of anilines is 1. The topological polar surface area (TPSA) is 64.7 Å². The van der Waals surface area contributed by atoms with E-state index in [1.165, 1.54) is 0 Å². The largest absolute Gasteiger partial charge is 0.353 e. The fourth-order valence-corrected chi connectivity index (χ4v) is 3.72. The molecule has 1 heterocycles. The smallest absolute Gasteiger partial charge is 0.238 e. The predicted molar refractivity (Wildman–Crippen MR) is 117 cm³/mol. The number of rotatable bonds is 10. The molecule has 28 heavy (non-hydrogen) atoms. The van der Waals surface area contributed by atoms with Gasteiger partial charge in [0.1, 0.15) is 0 Å². The number of amides is 2. The second-order valence-electron chi connectivity index (χ2n) is 7.07. The number of nitrogens with one attached hydrogen (secondary N) is 2. The molecular weight excluding hydrogens is 372 g/mol. The number of hydrogen-bond donors (Lipinski definition) is 2. The van der Waals surface area contributed by atoms with Gasteiger partial charge in [-0.15, -0.1) is 18.3 Å². The molecule has 6 nitrogen and oxygen atoms in total. The second kappa shape index (κ2) is 11.9. The van der Waals surface area contributed by atoms with Gasteiger partial charge in [-0.3, -0.25) is 19.4 Å². The van der Waals surface area contributed by atoms with Crippen LogP contribution in [0.1, 0.15) is 20.3 Å². The Morgan fingerprint density at radius 3 is 2.36 bits per heavy atom. The van der Waals surface area contributed by atoms with Gasteiger partial charge >= 0.3 is 0 Å². The Morgan fingerprint density at radius 2 is 1.75 bits per heavy atom. The van der Waals surface area contributed by atoms with E-state index in [-0.39, 0.29) is 17.9 Å². The third-order valence-corrected chi connectivity index (χ3v) is 5.81. The van der Waals surface area contributed by atoms with Gasteiger partial charge in [-0.1, -0.05) is 25.1 Å². The zero-order chi connectivity index (χ0) is 20.4. The SMILES string of the molecule is C=CCSc1ccccc1NC(=O)CN1CCN(CC(=O)NC(C)CC)CC1. The predicted octanol–water partition coefficient (Wildman–Crippen LogP) is 2.44. The Balaban J connectivity index is 1.75. The molecule has 0 bridgehead atoms. The summed E-state index contributed by atoms with van der Waals surface area (Å²) in [6, 6.07) is 8.04. The molecule has 1 aliphatic rings. The lowest BCUT2D eigenvalue weighted by Crippen LogP contribution is -2.51. The zero-order valence-electron chi connectivity index (χ0n) is 16.9. The van der Waals surface area contributed by atoms with E-state index in [1.54, 1.807) is 11.8 Å². The van der Waals surface area contributed by atoms with E-state index >= 15 is 0 Å². The number of carbonyl (C=O) groups excluding carboxylic acids is 2. The van der Waals surface area contributed by atoms with Crippen molar-refractivity contribution >= 4 is 29.3 Å². The van der Waals surface area contributed by atoms with Crippen molar-refractivity contribution in [1.29, 1.82) is 0 Å². The van der Waals surface area contributed by atoms with Crippen LogP contribution in [-0.4, -0.2) is 72.7 Å². The molecule has 1 fully saturated rings. The number of hydrogen-bond acceptors (Lipinski definition) is 5. The van der Waals surface area contributed by atoms with E-state index in [2.05, 4.69) is 33.9 Å². The Labute approximate surface area is 172 Å². The van der Waals surface area contributed by atoms with Crippen molar-refractivity contribution in [1.82, 2.24) is 15.1 Å². The normalized spacial score (nSPS) is 16.4. The van der Waals surface area contributed by atoms with Crippen LogP contribution in [-0.2, 0) is 9.59 Å². The first-order valence-electron chi connectivity index (χ1n) is 9.88. The highest BCUT2D eigenvalue weighted by Crippen LogP contribution is 2.26. The molecule has 154 valence electrons. The molecule has 0 radical (unpaired) electrons. The molecular formula is C21H32N4O2S. The van der Waals surface area contributed by atoms with Crippen molar-refractivity contribution in [3.8, 4) is 0 Å². The Morgan fingerprint density at radius 1 is 1.14 bits per heavy atom. The number of piperazine rings is 1. The van der Waals surface area contributed by atoms with Gasteiger partial charge in [0.05, 0.1) is 18.8 Å². The highest BCUT2D eigenvalue weighted by Gasteiger charge is 2.21. The lowest BCUT2D eigenvalue weighted by atomic mass is 10.2. The van der Waals surface area contributed by atoms with Crippen molar-refractivity contribution in [3.63, 3.8) is 0 Å². The monoisotopic (exact) mass is 404 g/mol. The molecule has 1 saturated heterocycles. The Kier molecular flexibility index (Phi) is 9.54. The molecule has 0 saturated carbocycles. The number of carbonyl (C=O) groups is 2. The molecule has 2 rings (SSSR count). The summed E-state index contributed by atoms with van der Waals surface area (Å²) in [6.07, 6.45) is 2.79. The Bertz CT molecular complexity index is 660. The van der Waals surface area contributed by atoms with Crippen LogP contribution in [0.4, 0.5) is 5.69 Å². The minimum atomic E-state index is -0.00498. The summed E-state index contributed by atoms with van der Waals surface area (Å²) in [5, 5.41) is 6.03. The van der Waals surface area contributed by atoms with Crippen LogP contribution in [0.15, 0.2) is 41.8 Å². The average Bonchev–Trinajstić information content (AvgIpc) is 2.68. The van der Waals surface area contributed by atoms with E-state index in [9.17, 15) is 9.59 Å². The summed E-state index contributed by atoms with van der Waals surface area (Å²) in [7, 11) is 0. The number of para-hydroxylation sites is 1. The highest BCUT2D eigenvalue weighted by molar-refractivity contribution is 7.99. The number of nitrogens with zero attached hydrogens (tertiary/aromatic N) is 2. The van der Waals surface area contributed by atoms with Gasteiger partial charge < -0.3 is 10.6 Å². The van der Waals surface area contributed by atoms with Crippen molar-refractivity contribution in [2.75, 3.05) is 50.3 Å².